The molecule has 0 aromatic heterocycles. The minimum Gasteiger partial charge on any atom is -0.369 e. The Bertz CT molecular complexity index is 604. The van der Waals surface area contributed by atoms with Gasteiger partial charge in [-0.3, -0.25) is 9.80 Å². The average molecular weight is 607 g/mol. The van der Waals surface area contributed by atoms with Gasteiger partial charge in [0.05, 0.1) is 26.8 Å². The minimum atomic E-state index is -0.0968. The molecule has 2 rings (SSSR count). The van der Waals surface area contributed by atoms with Crippen molar-refractivity contribution in [3.05, 3.63) is 0 Å². The highest BCUT2D eigenvalue weighted by atomic mass is 17.2. The Morgan fingerprint density at radius 1 is 0.667 bits per heavy atom. The van der Waals surface area contributed by atoms with Crippen molar-refractivity contribution < 1.29 is 38.2 Å². The lowest BCUT2D eigenvalue weighted by atomic mass is 10.0. The fourth-order valence-electron chi connectivity index (χ4n) is 4.91. The summed E-state index contributed by atoms with van der Waals surface area (Å²) in [5, 5.41) is 0. The number of ether oxygens (including phenoxy) is 6. The highest BCUT2D eigenvalue weighted by Gasteiger charge is 2.38. The van der Waals surface area contributed by atoms with E-state index in [-0.39, 0.29) is 37.9 Å². The fourth-order valence-corrected chi connectivity index (χ4v) is 4.91. The van der Waals surface area contributed by atoms with E-state index in [1.54, 1.807) is 0 Å². The van der Waals surface area contributed by atoms with Crippen molar-refractivity contribution in [2.24, 2.45) is 11.5 Å². The van der Waals surface area contributed by atoms with Crippen molar-refractivity contribution in [2.45, 2.75) is 109 Å². The minimum absolute atomic E-state index is 0.0626. The molecule has 4 unspecified atom stereocenters. The van der Waals surface area contributed by atoms with Gasteiger partial charge in [0.1, 0.15) is 31.8 Å². The van der Waals surface area contributed by atoms with E-state index in [1.165, 1.54) is 0 Å². The van der Waals surface area contributed by atoms with E-state index in [1.807, 2.05) is 0 Å². The van der Waals surface area contributed by atoms with Gasteiger partial charge in [-0.2, -0.15) is 0 Å². The normalized spacial score (nSPS) is 19.9. The summed E-state index contributed by atoms with van der Waals surface area (Å²) < 4.78 is 34.8. The maximum atomic E-state index is 6.45. The van der Waals surface area contributed by atoms with Crippen LogP contribution < -0.4 is 11.5 Å². The average Bonchev–Trinajstić information content (AvgIpc) is 3.81. The highest BCUT2D eigenvalue weighted by molar-refractivity contribution is 4.82. The van der Waals surface area contributed by atoms with E-state index in [0.29, 0.717) is 39.9 Å². The summed E-state index contributed by atoms with van der Waals surface area (Å²) in [6.45, 7) is 12.7. The molecule has 2 saturated heterocycles. The van der Waals surface area contributed by atoms with Crippen LogP contribution in [0.15, 0.2) is 0 Å². The first kappa shape index (κ1) is 37.7. The van der Waals surface area contributed by atoms with Crippen molar-refractivity contribution in [3.63, 3.8) is 0 Å². The van der Waals surface area contributed by atoms with Gasteiger partial charge in [-0.05, 0) is 57.8 Å². The number of epoxide rings is 1. The predicted molar refractivity (Wildman–Crippen MR) is 161 cm³/mol. The molecule has 0 radical (unpaired) electrons. The Labute approximate surface area is 254 Å². The van der Waals surface area contributed by atoms with Crippen molar-refractivity contribution in [1.29, 1.82) is 0 Å². The predicted octanol–water partition coefficient (Wildman–Crippen LogP) is 3.18. The summed E-state index contributed by atoms with van der Waals surface area (Å²) in [7, 11) is 0. The number of nitrogens with two attached hydrogens (primary N) is 2. The Balaban J connectivity index is 1.84. The largest absolute Gasteiger partial charge is 0.369 e. The van der Waals surface area contributed by atoms with E-state index in [2.05, 4.69) is 23.6 Å². The highest BCUT2D eigenvalue weighted by Crippen LogP contribution is 2.24. The van der Waals surface area contributed by atoms with Crippen LogP contribution in [-0.4, -0.2) is 121 Å². The molecule has 0 amide bonds. The fraction of sp³-hybridized carbons (Fsp3) is 1.00. The molecule has 2 aliphatic heterocycles. The van der Waals surface area contributed by atoms with Crippen molar-refractivity contribution >= 4 is 0 Å². The number of hydrogen-bond acceptors (Lipinski definition) is 12. The Hall–Kier alpha value is -0.480. The van der Waals surface area contributed by atoms with Crippen molar-refractivity contribution in [2.75, 3.05) is 86.3 Å². The molecule has 12 heteroatoms. The van der Waals surface area contributed by atoms with Crippen LogP contribution in [0, 0.1) is 0 Å². The smallest absolute Gasteiger partial charge is 0.141 e. The van der Waals surface area contributed by atoms with Crippen LogP contribution in [0.4, 0.5) is 0 Å². The maximum absolute atomic E-state index is 6.45. The SMILES string of the molecule is CCCCOCN(CCCCOCN)C(CCCCOC(C1CO1)N(CCCCOCN)COCCCC)C1COO1. The van der Waals surface area contributed by atoms with E-state index in [4.69, 9.17) is 49.7 Å². The van der Waals surface area contributed by atoms with Crippen LogP contribution >= 0.6 is 0 Å². The molecule has 2 fully saturated rings. The van der Waals surface area contributed by atoms with Crippen LogP contribution in [0.5, 0.6) is 0 Å². The zero-order chi connectivity index (χ0) is 30.1. The molecule has 2 heterocycles. The lowest BCUT2D eigenvalue weighted by Gasteiger charge is -2.39. The summed E-state index contributed by atoms with van der Waals surface area (Å²) in [6, 6.07) is 0.234. The molecule has 0 aromatic rings. The molecule has 0 spiro atoms. The van der Waals surface area contributed by atoms with Gasteiger partial charge in [0, 0.05) is 52.2 Å². The van der Waals surface area contributed by atoms with Gasteiger partial charge in [0.2, 0.25) is 0 Å². The number of rotatable bonds is 32. The monoisotopic (exact) mass is 606 g/mol. The van der Waals surface area contributed by atoms with Gasteiger partial charge < -0.3 is 39.9 Å². The van der Waals surface area contributed by atoms with Crippen molar-refractivity contribution in [1.82, 2.24) is 9.80 Å². The van der Waals surface area contributed by atoms with E-state index in [0.717, 1.165) is 104 Å². The molecule has 250 valence electrons. The lowest BCUT2D eigenvalue weighted by Crippen LogP contribution is -2.52. The van der Waals surface area contributed by atoms with Crippen LogP contribution in [0.25, 0.3) is 0 Å². The standard InChI is InChI=1S/C30H62N4O8/c1-3-5-16-37-25-33(14-8-11-18-35-23-31)27(28-22-41-42-28)13-7-10-20-39-30(29-21-40-29)34(26-38-17-6-4-2)15-9-12-19-36-24-32/h27-30H,3-26,31-32H2,1-2H3. The first-order valence-electron chi connectivity index (χ1n) is 16.5. The summed E-state index contributed by atoms with van der Waals surface area (Å²) in [5.74, 6) is 0. The van der Waals surface area contributed by atoms with E-state index >= 15 is 0 Å². The summed E-state index contributed by atoms with van der Waals surface area (Å²) in [6.07, 6.45) is 11.3. The molecule has 0 aromatic carbocycles. The first-order valence-corrected chi connectivity index (χ1v) is 16.5. The van der Waals surface area contributed by atoms with Gasteiger partial charge >= 0.3 is 0 Å². The molecular formula is C30H62N4O8. The number of nitrogens with zero attached hydrogens (tertiary/aromatic N) is 2. The molecular weight excluding hydrogens is 544 g/mol. The van der Waals surface area contributed by atoms with Crippen LogP contribution in [0.2, 0.25) is 0 Å². The third kappa shape index (κ3) is 17.1. The van der Waals surface area contributed by atoms with Gasteiger partial charge in [-0.15, -0.1) is 0 Å². The van der Waals surface area contributed by atoms with Gasteiger partial charge in [0.25, 0.3) is 0 Å². The number of unbranched alkanes of at least 4 members (excludes halogenated alkanes) is 5. The third-order valence-corrected chi connectivity index (χ3v) is 7.54. The zero-order valence-corrected chi connectivity index (χ0v) is 26.6. The Morgan fingerprint density at radius 2 is 1.21 bits per heavy atom. The van der Waals surface area contributed by atoms with E-state index < -0.39 is 0 Å². The third-order valence-electron chi connectivity index (χ3n) is 7.54. The molecule has 42 heavy (non-hydrogen) atoms. The number of hydrogen-bond donors (Lipinski definition) is 2. The second-order valence-electron chi connectivity index (χ2n) is 11.1. The van der Waals surface area contributed by atoms with E-state index in [9.17, 15) is 0 Å². The summed E-state index contributed by atoms with van der Waals surface area (Å²) in [5.41, 5.74) is 10.9. The van der Waals surface area contributed by atoms with Gasteiger partial charge in [-0.25, -0.2) is 9.78 Å². The maximum Gasteiger partial charge on any atom is 0.141 e. The summed E-state index contributed by atoms with van der Waals surface area (Å²) >= 11 is 0. The van der Waals surface area contributed by atoms with Crippen LogP contribution in [0.3, 0.4) is 0 Å². The molecule has 4 N–H and O–H groups in total. The topological polar surface area (TPSA) is 136 Å². The molecule has 0 saturated carbocycles. The second-order valence-corrected chi connectivity index (χ2v) is 11.1. The van der Waals surface area contributed by atoms with Crippen molar-refractivity contribution in [3.8, 4) is 0 Å². The lowest BCUT2D eigenvalue weighted by molar-refractivity contribution is -0.434. The molecule has 12 nitrogen and oxygen atoms in total. The Morgan fingerprint density at radius 3 is 1.74 bits per heavy atom. The Kier molecular flexibility index (Phi) is 23.2. The van der Waals surface area contributed by atoms with Crippen LogP contribution in [-0.2, 0) is 38.2 Å². The van der Waals surface area contributed by atoms with Gasteiger partial charge in [0.15, 0.2) is 0 Å². The molecule has 4 atom stereocenters. The van der Waals surface area contributed by atoms with Crippen LogP contribution in [0.1, 0.15) is 84.5 Å². The zero-order valence-electron chi connectivity index (χ0n) is 26.6. The molecule has 2 aliphatic rings. The quantitative estimate of drug-likeness (QED) is 0.0504. The second kappa shape index (κ2) is 25.8. The van der Waals surface area contributed by atoms with Gasteiger partial charge in [-0.1, -0.05) is 26.7 Å². The summed E-state index contributed by atoms with van der Waals surface area (Å²) in [4.78, 5) is 15.3. The molecule has 0 aliphatic carbocycles. The molecule has 0 bridgehead atoms. The first-order chi connectivity index (χ1) is 20.7.